The summed E-state index contributed by atoms with van der Waals surface area (Å²) in [4.78, 5) is 2.44. The van der Waals surface area contributed by atoms with Crippen LogP contribution >= 0.6 is 0 Å². The predicted molar refractivity (Wildman–Crippen MR) is 74.2 cm³/mol. The fourth-order valence-corrected chi connectivity index (χ4v) is 3.00. The quantitative estimate of drug-likeness (QED) is 0.888. The third kappa shape index (κ3) is 3.33. The molecule has 0 radical (unpaired) electrons. The van der Waals surface area contributed by atoms with Crippen LogP contribution in [0.15, 0.2) is 12.4 Å². The minimum atomic E-state index is 0.0703. The van der Waals surface area contributed by atoms with E-state index in [9.17, 15) is 0 Å². The number of nitrogens with two attached hydrogens (primary N) is 1. The third-order valence-electron chi connectivity index (χ3n) is 4.17. The molecule has 2 N–H and O–H groups in total. The van der Waals surface area contributed by atoms with Crippen molar-refractivity contribution >= 4 is 0 Å². The maximum absolute atomic E-state index is 6.26. The molecule has 18 heavy (non-hydrogen) atoms. The van der Waals surface area contributed by atoms with E-state index < -0.39 is 0 Å². The normalized spacial score (nSPS) is 26.5. The van der Waals surface area contributed by atoms with Crippen molar-refractivity contribution in [1.82, 2.24) is 14.7 Å². The molecule has 2 rings (SSSR count). The van der Waals surface area contributed by atoms with Gasteiger partial charge < -0.3 is 10.6 Å². The first kappa shape index (κ1) is 13.6. The van der Waals surface area contributed by atoms with E-state index in [2.05, 4.69) is 24.0 Å². The lowest BCUT2D eigenvalue weighted by Gasteiger charge is -2.35. The molecule has 102 valence electrons. The summed E-state index contributed by atoms with van der Waals surface area (Å²) in [5.41, 5.74) is 7.39. The van der Waals surface area contributed by atoms with Crippen molar-refractivity contribution in [2.75, 3.05) is 13.6 Å². The number of nitrogens with zero attached hydrogens (tertiary/aromatic N) is 3. The molecule has 1 aliphatic carbocycles. The Labute approximate surface area is 110 Å². The third-order valence-corrected chi connectivity index (χ3v) is 4.17. The molecular weight excluding hydrogens is 224 g/mol. The highest BCUT2D eigenvalue weighted by Gasteiger charge is 2.23. The summed E-state index contributed by atoms with van der Waals surface area (Å²) in [6, 6.07) is 0.775. The molecule has 1 saturated carbocycles. The Morgan fingerprint density at radius 2 is 2.33 bits per heavy atom. The van der Waals surface area contributed by atoms with E-state index >= 15 is 0 Å². The van der Waals surface area contributed by atoms with E-state index in [1.807, 2.05) is 24.1 Å². The van der Waals surface area contributed by atoms with Crippen molar-refractivity contribution in [2.45, 2.75) is 44.7 Å². The maximum Gasteiger partial charge on any atom is 0.0537 e. The number of rotatable bonds is 4. The van der Waals surface area contributed by atoms with E-state index in [0.29, 0.717) is 6.04 Å². The molecule has 4 heteroatoms. The van der Waals surface area contributed by atoms with Gasteiger partial charge >= 0.3 is 0 Å². The van der Waals surface area contributed by atoms with E-state index in [-0.39, 0.29) is 6.04 Å². The van der Waals surface area contributed by atoms with Gasteiger partial charge in [0.05, 0.1) is 6.20 Å². The Balaban J connectivity index is 1.88. The van der Waals surface area contributed by atoms with Crippen molar-refractivity contribution in [2.24, 2.45) is 18.7 Å². The van der Waals surface area contributed by atoms with Crippen molar-refractivity contribution in [3.63, 3.8) is 0 Å². The second-order valence-electron chi connectivity index (χ2n) is 5.92. The zero-order valence-electron chi connectivity index (χ0n) is 11.8. The first-order chi connectivity index (χ1) is 8.56. The van der Waals surface area contributed by atoms with Crippen molar-refractivity contribution in [3.8, 4) is 0 Å². The summed E-state index contributed by atoms with van der Waals surface area (Å²) in [6.07, 6.45) is 9.28. The molecule has 0 saturated heterocycles. The van der Waals surface area contributed by atoms with Crippen LogP contribution in [-0.4, -0.2) is 34.3 Å². The molecule has 1 aromatic rings. The largest absolute Gasteiger partial charge is 0.323 e. The topological polar surface area (TPSA) is 47.1 Å². The predicted octanol–water partition coefficient (Wildman–Crippen LogP) is 1.93. The Bertz CT molecular complexity index is 374. The molecule has 0 aromatic carbocycles. The fraction of sp³-hybridized carbons (Fsp3) is 0.786. The van der Waals surface area contributed by atoms with Crippen molar-refractivity contribution < 1.29 is 0 Å². The summed E-state index contributed by atoms with van der Waals surface area (Å²) < 4.78 is 1.82. The van der Waals surface area contributed by atoms with Crippen LogP contribution in [0.2, 0.25) is 0 Å². The van der Waals surface area contributed by atoms with Crippen LogP contribution < -0.4 is 5.73 Å². The number of aromatic nitrogens is 2. The lowest BCUT2D eigenvalue weighted by Crippen LogP contribution is -2.39. The van der Waals surface area contributed by atoms with Crippen LogP contribution in [-0.2, 0) is 7.05 Å². The van der Waals surface area contributed by atoms with Crippen molar-refractivity contribution in [3.05, 3.63) is 18.0 Å². The summed E-state index contributed by atoms with van der Waals surface area (Å²) in [7, 11) is 4.14. The van der Waals surface area contributed by atoms with Gasteiger partial charge in [-0.25, -0.2) is 0 Å². The zero-order valence-corrected chi connectivity index (χ0v) is 11.8. The highest BCUT2D eigenvalue weighted by atomic mass is 15.2. The van der Waals surface area contributed by atoms with Gasteiger partial charge in [-0.15, -0.1) is 0 Å². The van der Waals surface area contributed by atoms with Crippen LogP contribution in [0.1, 0.15) is 44.2 Å². The zero-order chi connectivity index (χ0) is 13.1. The summed E-state index contributed by atoms with van der Waals surface area (Å²) in [5.74, 6) is 0.862. The van der Waals surface area contributed by atoms with E-state index in [0.717, 1.165) is 18.0 Å². The van der Waals surface area contributed by atoms with Gasteiger partial charge in [0, 0.05) is 37.4 Å². The summed E-state index contributed by atoms with van der Waals surface area (Å²) in [6.45, 7) is 3.28. The van der Waals surface area contributed by atoms with Crippen LogP contribution in [0.3, 0.4) is 0 Å². The summed E-state index contributed by atoms with van der Waals surface area (Å²) >= 11 is 0. The molecule has 3 atom stereocenters. The number of likely N-dealkylation sites (N-methyl/N-ethyl adjacent to an activating group) is 1. The highest BCUT2D eigenvalue weighted by Crippen LogP contribution is 2.27. The van der Waals surface area contributed by atoms with Gasteiger partial charge in [-0.3, -0.25) is 4.68 Å². The minimum Gasteiger partial charge on any atom is -0.323 e. The number of hydrogen-bond acceptors (Lipinski definition) is 3. The smallest absolute Gasteiger partial charge is 0.0537 e. The number of hydrogen-bond donors (Lipinski definition) is 1. The van der Waals surface area contributed by atoms with Crippen LogP contribution in [0, 0.1) is 5.92 Å². The Morgan fingerprint density at radius 3 is 2.94 bits per heavy atom. The molecule has 0 amide bonds. The molecule has 4 nitrogen and oxygen atoms in total. The van der Waals surface area contributed by atoms with Gasteiger partial charge in [0.2, 0.25) is 0 Å². The molecule has 1 aromatic heterocycles. The highest BCUT2D eigenvalue weighted by molar-refractivity contribution is 5.10. The van der Waals surface area contributed by atoms with Crippen LogP contribution in [0.25, 0.3) is 0 Å². The first-order valence-corrected chi connectivity index (χ1v) is 7.00. The van der Waals surface area contributed by atoms with E-state index in [4.69, 9.17) is 5.73 Å². The minimum absolute atomic E-state index is 0.0703. The molecule has 0 bridgehead atoms. The van der Waals surface area contributed by atoms with Gasteiger partial charge in [0.1, 0.15) is 0 Å². The lowest BCUT2D eigenvalue weighted by atomic mass is 9.86. The second-order valence-corrected chi connectivity index (χ2v) is 5.92. The van der Waals surface area contributed by atoms with Gasteiger partial charge in [0.25, 0.3) is 0 Å². The van der Waals surface area contributed by atoms with Gasteiger partial charge in [-0.1, -0.05) is 19.8 Å². The SMILES string of the molecule is CC1CCCC(N(C)CC(N)c2cnn(C)c2)C1. The second kappa shape index (κ2) is 5.85. The van der Waals surface area contributed by atoms with Crippen molar-refractivity contribution in [1.29, 1.82) is 0 Å². The standard InChI is InChI=1S/C14H26N4/c1-11-5-4-6-13(7-11)17(2)10-14(15)12-8-16-18(3)9-12/h8-9,11,13-14H,4-7,10,15H2,1-3H3. The average Bonchev–Trinajstić information content (AvgIpc) is 2.76. The molecule has 0 aliphatic heterocycles. The van der Waals surface area contributed by atoms with Gasteiger partial charge in [-0.2, -0.15) is 5.10 Å². The summed E-state index contributed by atoms with van der Waals surface area (Å²) in [5, 5.41) is 4.19. The average molecular weight is 250 g/mol. The molecule has 1 aliphatic rings. The molecule has 1 heterocycles. The van der Waals surface area contributed by atoms with Crippen LogP contribution in [0.5, 0.6) is 0 Å². The first-order valence-electron chi connectivity index (χ1n) is 7.00. The molecule has 1 fully saturated rings. The monoisotopic (exact) mass is 250 g/mol. The van der Waals surface area contributed by atoms with E-state index in [1.54, 1.807) is 0 Å². The molecular formula is C14H26N4. The number of aryl methyl sites for hydroxylation is 1. The van der Waals surface area contributed by atoms with Gasteiger partial charge in [0.15, 0.2) is 0 Å². The van der Waals surface area contributed by atoms with Gasteiger partial charge in [-0.05, 0) is 25.8 Å². The molecule has 0 spiro atoms. The maximum atomic E-state index is 6.26. The van der Waals surface area contributed by atoms with E-state index in [1.165, 1.54) is 25.7 Å². The fourth-order valence-electron chi connectivity index (χ4n) is 3.00. The Kier molecular flexibility index (Phi) is 4.40. The Morgan fingerprint density at radius 1 is 1.56 bits per heavy atom. The Hall–Kier alpha value is -0.870. The molecule has 3 unspecified atom stereocenters. The van der Waals surface area contributed by atoms with Crippen LogP contribution in [0.4, 0.5) is 0 Å². The lowest BCUT2D eigenvalue weighted by molar-refractivity contribution is 0.157.